The molecule has 0 bridgehead atoms. The molecule has 1 aromatic carbocycles. The predicted octanol–water partition coefficient (Wildman–Crippen LogP) is 2.26. The molecule has 18 heavy (non-hydrogen) atoms. The van der Waals surface area contributed by atoms with Crippen molar-refractivity contribution >= 4 is 23.3 Å². The Labute approximate surface area is 110 Å². The van der Waals surface area contributed by atoms with Crippen LogP contribution in [0.1, 0.15) is 6.42 Å². The molecule has 0 spiro atoms. The first-order chi connectivity index (χ1) is 8.69. The van der Waals surface area contributed by atoms with E-state index in [1.165, 1.54) is 7.11 Å². The number of methoxy groups -OCH3 is 1. The Morgan fingerprint density at radius 2 is 2.39 bits per heavy atom. The minimum atomic E-state index is -0.286. The fourth-order valence-electron chi connectivity index (χ4n) is 1.77. The number of benzene rings is 1. The van der Waals surface area contributed by atoms with Gasteiger partial charge in [-0.15, -0.1) is 0 Å². The molecule has 1 unspecified atom stereocenters. The molecule has 1 aliphatic rings. The molecule has 1 atom stereocenters. The molecule has 1 heterocycles. The van der Waals surface area contributed by atoms with Crippen molar-refractivity contribution in [3.05, 3.63) is 23.2 Å². The van der Waals surface area contributed by atoms with E-state index in [0.29, 0.717) is 29.7 Å². The molecule has 1 fully saturated rings. The zero-order valence-corrected chi connectivity index (χ0v) is 10.8. The number of hydrogen-bond acceptors (Lipinski definition) is 3. The largest absolute Gasteiger partial charge is 0.495 e. The van der Waals surface area contributed by atoms with Crippen LogP contribution in [-0.4, -0.2) is 32.4 Å². The first kappa shape index (κ1) is 13.0. The summed E-state index contributed by atoms with van der Waals surface area (Å²) in [6, 6.07) is 4.83. The summed E-state index contributed by atoms with van der Waals surface area (Å²) >= 11 is 5.88. The smallest absolute Gasteiger partial charge is 0.319 e. The van der Waals surface area contributed by atoms with Gasteiger partial charge >= 0.3 is 6.03 Å². The standard InChI is InChI=1S/C12H15ClN2O3/c1-17-11-3-2-8(13)6-10(11)15-12(16)14-9-4-5-18-7-9/h2-3,6,9H,4-5,7H2,1H3,(H2,14,15,16). The number of urea groups is 1. The van der Waals surface area contributed by atoms with Crippen LogP contribution < -0.4 is 15.4 Å². The molecule has 2 N–H and O–H groups in total. The number of carbonyl (C=O) groups is 1. The van der Waals surface area contributed by atoms with Crippen molar-refractivity contribution in [3.63, 3.8) is 0 Å². The second-order valence-electron chi connectivity index (χ2n) is 4.00. The number of anilines is 1. The summed E-state index contributed by atoms with van der Waals surface area (Å²) in [6.45, 7) is 1.24. The highest BCUT2D eigenvalue weighted by Crippen LogP contribution is 2.27. The van der Waals surface area contributed by atoms with E-state index in [4.69, 9.17) is 21.1 Å². The Hall–Kier alpha value is -1.46. The number of rotatable bonds is 3. The maximum absolute atomic E-state index is 11.8. The van der Waals surface area contributed by atoms with Gasteiger partial charge in [0.1, 0.15) is 5.75 Å². The van der Waals surface area contributed by atoms with Crippen LogP contribution in [-0.2, 0) is 4.74 Å². The minimum Gasteiger partial charge on any atom is -0.495 e. The number of nitrogens with one attached hydrogen (secondary N) is 2. The number of hydrogen-bond donors (Lipinski definition) is 2. The first-order valence-electron chi connectivity index (χ1n) is 5.68. The van der Waals surface area contributed by atoms with E-state index in [9.17, 15) is 4.79 Å². The van der Waals surface area contributed by atoms with E-state index < -0.39 is 0 Å². The van der Waals surface area contributed by atoms with Gasteiger partial charge in [0.05, 0.1) is 25.4 Å². The van der Waals surface area contributed by atoms with E-state index in [0.717, 1.165) is 6.42 Å². The second kappa shape index (κ2) is 5.93. The molecular weight excluding hydrogens is 256 g/mol. The number of halogens is 1. The fraction of sp³-hybridized carbons (Fsp3) is 0.417. The average molecular weight is 271 g/mol. The van der Waals surface area contributed by atoms with Gasteiger partial charge in [0.15, 0.2) is 0 Å². The van der Waals surface area contributed by atoms with Gasteiger partial charge in [-0.25, -0.2) is 4.79 Å². The first-order valence-corrected chi connectivity index (χ1v) is 6.05. The summed E-state index contributed by atoms with van der Waals surface area (Å²) in [5.41, 5.74) is 0.543. The molecule has 1 aliphatic heterocycles. The molecule has 0 aromatic heterocycles. The SMILES string of the molecule is COc1ccc(Cl)cc1NC(=O)NC1CCOC1. The maximum atomic E-state index is 11.8. The third kappa shape index (κ3) is 3.27. The van der Waals surface area contributed by atoms with E-state index in [1.54, 1.807) is 18.2 Å². The Morgan fingerprint density at radius 1 is 1.56 bits per heavy atom. The van der Waals surface area contributed by atoms with Gasteiger partial charge in [-0.2, -0.15) is 0 Å². The van der Waals surface area contributed by atoms with Gasteiger partial charge in [-0.3, -0.25) is 0 Å². The van der Waals surface area contributed by atoms with Crippen LogP contribution >= 0.6 is 11.6 Å². The molecule has 2 rings (SSSR count). The van der Waals surface area contributed by atoms with E-state index in [1.807, 2.05) is 0 Å². The zero-order chi connectivity index (χ0) is 13.0. The van der Waals surface area contributed by atoms with E-state index in [-0.39, 0.29) is 12.1 Å². The van der Waals surface area contributed by atoms with Crippen molar-refractivity contribution in [1.82, 2.24) is 5.32 Å². The highest BCUT2D eigenvalue weighted by Gasteiger charge is 2.18. The van der Waals surface area contributed by atoms with Gasteiger partial charge in [0.2, 0.25) is 0 Å². The predicted molar refractivity (Wildman–Crippen MR) is 69.4 cm³/mol. The molecule has 0 saturated carbocycles. The molecule has 1 aromatic rings. The lowest BCUT2D eigenvalue weighted by atomic mass is 10.2. The van der Waals surface area contributed by atoms with Crippen molar-refractivity contribution in [2.24, 2.45) is 0 Å². The highest BCUT2D eigenvalue weighted by atomic mass is 35.5. The van der Waals surface area contributed by atoms with Crippen molar-refractivity contribution in [2.45, 2.75) is 12.5 Å². The Morgan fingerprint density at radius 3 is 3.06 bits per heavy atom. The number of ether oxygens (including phenoxy) is 2. The van der Waals surface area contributed by atoms with Gasteiger partial charge in [-0.05, 0) is 24.6 Å². The van der Waals surface area contributed by atoms with Crippen LogP contribution in [0.5, 0.6) is 5.75 Å². The van der Waals surface area contributed by atoms with Gasteiger partial charge in [0, 0.05) is 11.6 Å². The Balaban J connectivity index is 1.99. The van der Waals surface area contributed by atoms with Crippen molar-refractivity contribution < 1.29 is 14.3 Å². The van der Waals surface area contributed by atoms with E-state index >= 15 is 0 Å². The monoisotopic (exact) mass is 270 g/mol. The summed E-state index contributed by atoms with van der Waals surface area (Å²) in [4.78, 5) is 11.8. The molecule has 6 heteroatoms. The van der Waals surface area contributed by atoms with Gasteiger partial charge in [-0.1, -0.05) is 11.6 Å². The summed E-state index contributed by atoms with van der Waals surface area (Å²) in [7, 11) is 1.54. The van der Waals surface area contributed by atoms with Crippen LogP contribution in [0, 0.1) is 0 Å². The Kier molecular flexibility index (Phi) is 4.28. The third-order valence-electron chi connectivity index (χ3n) is 2.67. The maximum Gasteiger partial charge on any atom is 0.319 e. The van der Waals surface area contributed by atoms with Crippen molar-refractivity contribution in [2.75, 3.05) is 25.6 Å². The lowest BCUT2D eigenvalue weighted by Crippen LogP contribution is -2.38. The lowest BCUT2D eigenvalue weighted by Gasteiger charge is -2.14. The summed E-state index contributed by atoms with van der Waals surface area (Å²) < 4.78 is 10.3. The van der Waals surface area contributed by atoms with Crippen LogP contribution in [0.15, 0.2) is 18.2 Å². The van der Waals surface area contributed by atoms with Gasteiger partial charge < -0.3 is 20.1 Å². The van der Waals surface area contributed by atoms with Crippen molar-refractivity contribution in [1.29, 1.82) is 0 Å². The highest BCUT2D eigenvalue weighted by molar-refractivity contribution is 6.31. The zero-order valence-electron chi connectivity index (χ0n) is 10.0. The summed E-state index contributed by atoms with van der Waals surface area (Å²) in [5, 5.41) is 6.08. The molecule has 5 nitrogen and oxygen atoms in total. The van der Waals surface area contributed by atoms with Crippen LogP contribution in [0.3, 0.4) is 0 Å². The summed E-state index contributed by atoms with van der Waals surface area (Å²) in [6.07, 6.45) is 0.833. The number of amides is 2. The number of carbonyl (C=O) groups excluding carboxylic acids is 1. The third-order valence-corrected chi connectivity index (χ3v) is 2.91. The normalized spacial score (nSPS) is 18.4. The molecule has 1 saturated heterocycles. The molecule has 0 radical (unpaired) electrons. The minimum absolute atomic E-state index is 0.0650. The topological polar surface area (TPSA) is 59.6 Å². The average Bonchev–Trinajstić information content (AvgIpc) is 2.82. The molecular formula is C12H15ClN2O3. The van der Waals surface area contributed by atoms with Crippen LogP contribution in [0.4, 0.5) is 10.5 Å². The van der Waals surface area contributed by atoms with E-state index in [2.05, 4.69) is 10.6 Å². The molecule has 2 amide bonds. The van der Waals surface area contributed by atoms with Crippen LogP contribution in [0.2, 0.25) is 5.02 Å². The van der Waals surface area contributed by atoms with Gasteiger partial charge in [0.25, 0.3) is 0 Å². The molecule has 98 valence electrons. The summed E-state index contributed by atoms with van der Waals surface area (Å²) in [5.74, 6) is 0.567. The lowest BCUT2D eigenvalue weighted by molar-refractivity contribution is 0.189. The quantitative estimate of drug-likeness (QED) is 0.886. The van der Waals surface area contributed by atoms with Crippen LogP contribution in [0.25, 0.3) is 0 Å². The van der Waals surface area contributed by atoms with Crippen molar-refractivity contribution in [3.8, 4) is 5.75 Å². The Bertz CT molecular complexity index is 433. The molecule has 0 aliphatic carbocycles. The second-order valence-corrected chi connectivity index (χ2v) is 4.44. The fourth-order valence-corrected chi connectivity index (χ4v) is 1.94.